The minimum atomic E-state index is 0.151. The number of nitrogens with two attached hydrogens (primary N) is 1. The summed E-state index contributed by atoms with van der Waals surface area (Å²) in [6.45, 7) is 6.54. The second kappa shape index (κ2) is 6.36. The number of anilines is 2. The highest BCUT2D eigenvalue weighted by molar-refractivity contribution is 5.54. The predicted octanol–water partition coefficient (Wildman–Crippen LogP) is 0.668. The van der Waals surface area contributed by atoms with Crippen molar-refractivity contribution in [3.63, 3.8) is 0 Å². The molecular formula is C13H19N5O. The van der Waals surface area contributed by atoms with Crippen molar-refractivity contribution >= 4 is 11.5 Å². The first-order valence-electron chi connectivity index (χ1n) is 6.47. The Kier molecular flexibility index (Phi) is 4.55. The summed E-state index contributed by atoms with van der Waals surface area (Å²) >= 11 is 0. The topological polar surface area (TPSA) is 87.2 Å². The van der Waals surface area contributed by atoms with Gasteiger partial charge in [-0.05, 0) is 18.7 Å². The van der Waals surface area contributed by atoms with Gasteiger partial charge in [0, 0.05) is 19.6 Å². The number of nitrogens with one attached hydrogen (secondary N) is 1. The minimum absolute atomic E-state index is 0.151. The monoisotopic (exact) mass is 261 g/mol. The fourth-order valence-electron chi connectivity index (χ4n) is 2.07. The highest BCUT2D eigenvalue weighted by atomic mass is 16.5. The van der Waals surface area contributed by atoms with Gasteiger partial charge in [0.1, 0.15) is 11.9 Å². The maximum atomic E-state index is 8.87. The minimum Gasteiger partial charge on any atom is -0.396 e. The second-order valence-corrected chi connectivity index (χ2v) is 4.51. The van der Waals surface area contributed by atoms with Crippen LogP contribution >= 0.6 is 0 Å². The summed E-state index contributed by atoms with van der Waals surface area (Å²) in [7, 11) is 0. The van der Waals surface area contributed by atoms with Gasteiger partial charge < -0.3 is 15.8 Å². The molecule has 6 heteroatoms. The van der Waals surface area contributed by atoms with Gasteiger partial charge in [-0.3, -0.25) is 4.90 Å². The van der Waals surface area contributed by atoms with Gasteiger partial charge in [0.2, 0.25) is 0 Å². The van der Waals surface area contributed by atoms with Crippen LogP contribution in [-0.2, 0) is 4.74 Å². The Morgan fingerprint density at radius 3 is 3.21 bits per heavy atom. The van der Waals surface area contributed by atoms with Crippen LogP contribution in [0.2, 0.25) is 0 Å². The average Bonchev–Trinajstić information content (AvgIpc) is 2.46. The van der Waals surface area contributed by atoms with E-state index in [1.165, 1.54) is 0 Å². The van der Waals surface area contributed by atoms with Crippen LogP contribution in [0.1, 0.15) is 12.6 Å². The number of morpholine rings is 1. The zero-order chi connectivity index (χ0) is 13.7. The number of likely N-dealkylation sites (N-methyl/N-ethyl adjacent to an activating group) is 1. The van der Waals surface area contributed by atoms with E-state index >= 15 is 0 Å². The summed E-state index contributed by atoms with van der Waals surface area (Å²) in [4.78, 5) is 6.50. The third kappa shape index (κ3) is 3.56. The highest BCUT2D eigenvalue weighted by Crippen LogP contribution is 2.13. The summed E-state index contributed by atoms with van der Waals surface area (Å²) < 4.78 is 5.69. The Morgan fingerprint density at radius 1 is 1.63 bits per heavy atom. The van der Waals surface area contributed by atoms with Crippen LogP contribution in [0.4, 0.5) is 11.5 Å². The van der Waals surface area contributed by atoms with Crippen molar-refractivity contribution in [2.45, 2.75) is 13.0 Å². The molecule has 2 rings (SSSR count). The summed E-state index contributed by atoms with van der Waals surface area (Å²) in [6.07, 6.45) is 0.151. The first-order chi connectivity index (χ1) is 9.22. The van der Waals surface area contributed by atoms with Gasteiger partial charge >= 0.3 is 0 Å². The molecule has 3 N–H and O–H groups in total. The van der Waals surface area contributed by atoms with E-state index in [4.69, 9.17) is 15.7 Å². The molecule has 1 atom stereocenters. The fraction of sp³-hybridized carbons (Fsp3) is 0.538. The fourth-order valence-corrected chi connectivity index (χ4v) is 2.07. The number of nitrogen functional groups attached to an aromatic ring is 1. The Labute approximate surface area is 113 Å². The van der Waals surface area contributed by atoms with Crippen LogP contribution in [0.5, 0.6) is 0 Å². The molecule has 6 nitrogen and oxygen atoms in total. The number of ether oxygens (including phenoxy) is 1. The Hall–Kier alpha value is -1.84. The quantitative estimate of drug-likeness (QED) is 0.828. The van der Waals surface area contributed by atoms with Crippen molar-refractivity contribution in [2.75, 3.05) is 43.8 Å². The molecule has 0 aromatic carbocycles. The van der Waals surface area contributed by atoms with E-state index < -0.39 is 0 Å². The van der Waals surface area contributed by atoms with Crippen molar-refractivity contribution in [1.82, 2.24) is 9.88 Å². The number of rotatable bonds is 4. The van der Waals surface area contributed by atoms with Crippen LogP contribution in [0.3, 0.4) is 0 Å². The molecule has 1 fully saturated rings. The van der Waals surface area contributed by atoms with Gasteiger partial charge in [-0.1, -0.05) is 6.92 Å². The van der Waals surface area contributed by atoms with Gasteiger partial charge in [-0.25, -0.2) is 4.98 Å². The second-order valence-electron chi connectivity index (χ2n) is 4.51. The Balaban J connectivity index is 1.90. The van der Waals surface area contributed by atoms with E-state index in [0.29, 0.717) is 18.1 Å². The molecular weight excluding hydrogens is 242 g/mol. The lowest BCUT2D eigenvalue weighted by Gasteiger charge is -2.32. The van der Waals surface area contributed by atoms with Crippen molar-refractivity contribution in [1.29, 1.82) is 5.26 Å². The number of pyridine rings is 1. The molecule has 1 saturated heterocycles. The Morgan fingerprint density at radius 2 is 2.47 bits per heavy atom. The van der Waals surface area contributed by atoms with E-state index in [9.17, 15) is 0 Å². The molecule has 0 amide bonds. The summed E-state index contributed by atoms with van der Waals surface area (Å²) in [6, 6.07) is 5.44. The maximum absolute atomic E-state index is 8.87. The van der Waals surface area contributed by atoms with E-state index in [2.05, 4.69) is 22.1 Å². The number of hydrogen-bond acceptors (Lipinski definition) is 6. The van der Waals surface area contributed by atoms with Crippen molar-refractivity contribution in [3.8, 4) is 6.07 Å². The van der Waals surface area contributed by atoms with Crippen molar-refractivity contribution in [3.05, 3.63) is 17.8 Å². The number of nitrogens with zero attached hydrogens (tertiary/aromatic N) is 3. The lowest BCUT2D eigenvalue weighted by atomic mass is 10.2. The summed E-state index contributed by atoms with van der Waals surface area (Å²) in [5.41, 5.74) is 6.29. The predicted molar refractivity (Wildman–Crippen MR) is 73.7 cm³/mol. The molecule has 0 bridgehead atoms. The number of aromatic nitrogens is 1. The normalized spacial score (nSPS) is 19.9. The molecule has 1 aromatic heterocycles. The summed E-state index contributed by atoms with van der Waals surface area (Å²) in [5, 5.41) is 12.1. The standard InChI is InChI=1S/C13H19N5O/c1-2-18-5-6-19-10(9-18)8-16-13-4-3-11(15)12(7-14)17-13/h3-4,10H,2,5-6,8-9,15H2,1H3,(H,16,17). The van der Waals surface area contributed by atoms with E-state index in [1.807, 2.05) is 6.07 Å². The smallest absolute Gasteiger partial charge is 0.165 e. The molecule has 19 heavy (non-hydrogen) atoms. The zero-order valence-corrected chi connectivity index (χ0v) is 11.1. The largest absolute Gasteiger partial charge is 0.396 e. The van der Waals surface area contributed by atoms with Crippen LogP contribution in [0, 0.1) is 11.3 Å². The van der Waals surface area contributed by atoms with Gasteiger partial charge in [0.15, 0.2) is 5.69 Å². The molecule has 1 aromatic rings. The van der Waals surface area contributed by atoms with Crippen LogP contribution < -0.4 is 11.1 Å². The van der Waals surface area contributed by atoms with E-state index in [1.54, 1.807) is 12.1 Å². The third-order valence-corrected chi connectivity index (χ3v) is 3.21. The maximum Gasteiger partial charge on any atom is 0.165 e. The molecule has 1 aliphatic heterocycles. The van der Waals surface area contributed by atoms with Crippen LogP contribution in [-0.4, -0.2) is 48.8 Å². The molecule has 1 aliphatic rings. The van der Waals surface area contributed by atoms with E-state index in [-0.39, 0.29) is 11.8 Å². The molecule has 0 saturated carbocycles. The van der Waals surface area contributed by atoms with E-state index in [0.717, 1.165) is 26.2 Å². The average molecular weight is 261 g/mol. The third-order valence-electron chi connectivity index (χ3n) is 3.21. The first kappa shape index (κ1) is 13.6. The zero-order valence-electron chi connectivity index (χ0n) is 11.1. The van der Waals surface area contributed by atoms with Gasteiger partial charge in [-0.2, -0.15) is 5.26 Å². The SMILES string of the molecule is CCN1CCOC(CNc2ccc(N)c(C#N)n2)C1. The molecule has 0 spiro atoms. The lowest BCUT2D eigenvalue weighted by molar-refractivity contribution is -0.0192. The number of hydrogen-bond donors (Lipinski definition) is 2. The van der Waals surface area contributed by atoms with Crippen molar-refractivity contribution < 1.29 is 4.74 Å². The van der Waals surface area contributed by atoms with Gasteiger partial charge in [0.05, 0.1) is 18.4 Å². The van der Waals surface area contributed by atoms with Gasteiger partial charge in [0.25, 0.3) is 0 Å². The number of nitriles is 1. The first-order valence-corrected chi connectivity index (χ1v) is 6.47. The molecule has 102 valence electrons. The Bertz CT molecular complexity index is 471. The van der Waals surface area contributed by atoms with Gasteiger partial charge in [-0.15, -0.1) is 0 Å². The molecule has 1 unspecified atom stereocenters. The van der Waals surface area contributed by atoms with Crippen molar-refractivity contribution in [2.24, 2.45) is 0 Å². The molecule has 2 heterocycles. The van der Waals surface area contributed by atoms with Crippen LogP contribution in [0.25, 0.3) is 0 Å². The van der Waals surface area contributed by atoms with Crippen LogP contribution in [0.15, 0.2) is 12.1 Å². The summed E-state index contributed by atoms with van der Waals surface area (Å²) in [5.74, 6) is 0.656. The highest BCUT2D eigenvalue weighted by Gasteiger charge is 2.19. The lowest BCUT2D eigenvalue weighted by Crippen LogP contribution is -2.45. The molecule has 0 radical (unpaired) electrons. The molecule has 0 aliphatic carbocycles.